The first-order valence-electron chi connectivity index (χ1n) is 4.04. The number of aromatic nitrogens is 1. The molecule has 0 aliphatic rings. The van der Waals surface area contributed by atoms with Crippen LogP contribution in [0.1, 0.15) is 5.69 Å². The fourth-order valence-corrected chi connectivity index (χ4v) is 1.65. The Kier molecular flexibility index (Phi) is 4.40. The highest BCUT2D eigenvalue weighted by atomic mass is 32.2. The Morgan fingerprint density at radius 2 is 2.43 bits per heavy atom. The van der Waals surface area contributed by atoms with E-state index in [1.165, 1.54) is 11.8 Å². The second-order valence-corrected chi connectivity index (χ2v) is 3.73. The lowest BCUT2D eigenvalue weighted by Gasteiger charge is -2.05. The van der Waals surface area contributed by atoms with Crippen molar-refractivity contribution in [1.29, 1.82) is 5.26 Å². The molecule has 0 amide bonds. The summed E-state index contributed by atoms with van der Waals surface area (Å²) in [6.07, 6.45) is 0.824. The third-order valence-electron chi connectivity index (χ3n) is 1.50. The average Bonchev–Trinajstić information content (AvgIpc) is 2.26. The van der Waals surface area contributed by atoms with Crippen molar-refractivity contribution >= 4 is 11.8 Å². The van der Waals surface area contributed by atoms with Crippen molar-refractivity contribution in [3.05, 3.63) is 24.0 Å². The summed E-state index contributed by atoms with van der Waals surface area (Å²) in [5, 5.41) is 26.3. The first kappa shape index (κ1) is 11.0. The maximum atomic E-state index is 9.09. The van der Waals surface area contributed by atoms with Crippen molar-refractivity contribution in [2.24, 2.45) is 0 Å². The first-order valence-corrected chi connectivity index (χ1v) is 5.02. The van der Waals surface area contributed by atoms with Gasteiger partial charge in [-0.05, 0) is 12.1 Å². The van der Waals surface area contributed by atoms with E-state index in [0.717, 1.165) is 4.90 Å². The number of aliphatic hydroxyl groups excluding tert-OH is 2. The van der Waals surface area contributed by atoms with Crippen molar-refractivity contribution in [2.45, 2.75) is 11.0 Å². The quantitative estimate of drug-likeness (QED) is 0.703. The zero-order valence-electron chi connectivity index (χ0n) is 7.42. The van der Waals surface area contributed by atoms with Crippen molar-refractivity contribution < 1.29 is 10.2 Å². The molecule has 0 aliphatic carbocycles. The molecule has 0 bridgehead atoms. The summed E-state index contributed by atoms with van der Waals surface area (Å²) >= 11 is 1.38. The SMILES string of the molecule is N#Cc1cc(SCC(O)CO)ccn1. The van der Waals surface area contributed by atoms with E-state index >= 15 is 0 Å². The standard InChI is InChI=1S/C9H10N2O2S/c10-4-7-3-9(1-2-11-7)14-6-8(13)5-12/h1-3,8,12-13H,5-6H2. The molecule has 1 rings (SSSR count). The molecule has 0 aliphatic heterocycles. The van der Waals surface area contributed by atoms with Gasteiger partial charge in [0.1, 0.15) is 11.8 Å². The molecule has 1 atom stereocenters. The van der Waals surface area contributed by atoms with Crippen molar-refractivity contribution in [1.82, 2.24) is 4.98 Å². The molecular weight excluding hydrogens is 200 g/mol. The number of nitriles is 1. The van der Waals surface area contributed by atoms with Gasteiger partial charge in [-0.15, -0.1) is 11.8 Å². The van der Waals surface area contributed by atoms with Crippen molar-refractivity contribution in [3.63, 3.8) is 0 Å². The van der Waals surface area contributed by atoms with E-state index in [1.807, 2.05) is 6.07 Å². The Balaban J connectivity index is 2.55. The van der Waals surface area contributed by atoms with Gasteiger partial charge in [0.25, 0.3) is 0 Å². The molecule has 0 spiro atoms. The molecule has 14 heavy (non-hydrogen) atoms. The van der Waals surface area contributed by atoms with Crippen LogP contribution in [0.25, 0.3) is 0 Å². The van der Waals surface area contributed by atoms with Crippen LogP contribution in [-0.2, 0) is 0 Å². The van der Waals surface area contributed by atoms with Crippen LogP contribution >= 0.6 is 11.8 Å². The van der Waals surface area contributed by atoms with E-state index in [4.69, 9.17) is 15.5 Å². The van der Waals surface area contributed by atoms with Gasteiger partial charge in [0.05, 0.1) is 12.7 Å². The van der Waals surface area contributed by atoms with Crippen LogP contribution in [0.4, 0.5) is 0 Å². The number of hydrogen-bond acceptors (Lipinski definition) is 5. The summed E-state index contributed by atoms with van der Waals surface area (Å²) in [5.41, 5.74) is 0.355. The second-order valence-electron chi connectivity index (χ2n) is 2.64. The van der Waals surface area contributed by atoms with Gasteiger partial charge in [0.15, 0.2) is 0 Å². The third-order valence-corrected chi connectivity index (χ3v) is 2.64. The summed E-state index contributed by atoms with van der Waals surface area (Å²) in [6.45, 7) is -0.247. The largest absolute Gasteiger partial charge is 0.394 e. The van der Waals surface area contributed by atoms with Gasteiger partial charge in [0, 0.05) is 16.8 Å². The fraction of sp³-hybridized carbons (Fsp3) is 0.333. The molecule has 0 aromatic carbocycles. The second kappa shape index (κ2) is 5.60. The van der Waals surface area contributed by atoms with Crippen LogP contribution in [-0.4, -0.2) is 33.7 Å². The Hall–Kier alpha value is -1.09. The minimum atomic E-state index is -0.723. The summed E-state index contributed by atoms with van der Waals surface area (Å²) in [5.74, 6) is 0.408. The monoisotopic (exact) mass is 210 g/mol. The number of hydrogen-bond donors (Lipinski definition) is 2. The van der Waals surface area contributed by atoms with Gasteiger partial charge < -0.3 is 10.2 Å². The Labute approximate surface area is 86.2 Å². The molecule has 0 saturated heterocycles. The van der Waals surface area contributed by atoms with E-state index in [2.05, 4.69) is 4.98 Å². The minimum Gasteiger partial charge on any atom is -0.394 e. The minimum absolute atomic E-state index is 0.247. The fourth-order valence-electron chi connectivity index (χ4n) is 0.807. The molecule has 0 fully saturated rings. The topological polar surface area (TPSA) is 77.1 Å². The van der Waals surface area contributed by atoms with E-state index < -0.39 is 6.10 Å². The maximum Gasteiger partial charge on any atom is 0.141 e. The van der Waals surface area contributed by atoms with Gasteiger partial charge in [0.2, 0.25) is 0 Å². The average molecular weight is 210 g/mol. The Morgan fingerprint density at radius 3 is 3.07 bits per heavy atom. The number of pyridine rings is 1. The molecule has 0 saturated carbocycles. The predicted molar refractivity (Wildman–Crippen MR) is 52.8 cm³/mol. The van der Waals surface area contributed by atoms with Crippen molar-refractivity contribution in [2.75, 3.05) is 12.4 Å². The third kappa shape index (κ3) is 3.34. The molecule has 1 unspecified atom stereocenters. The number of nitrogens with zero attached hydrogens (tertiary/aromatic N) is 2. The zero-order valence-corrected chi connectivity index (χ0v) is 8.24. The lowest BCUT2D eigenvalue weighted by Crippen LogP contribution is -2.14. The van der Waals surface area contributed by atoms with Crippen LogP contribution < -0.4 is 0 Å². The van der Waals surface area contributed by atoms with Crippen LogP contribution in [0.15, 0.2) is 23.2 Å². The summed E-state index contributed by atoms with van der Waals surface area (Å²) in [6, 6.07) is 5.34. The molecular formula is C9H10N2O2S. The number of thioether (sulfide) groups is 1. The van der Waals surface area contributed by atoms with Gasteiger partial charge in [-0.2, -0.15) is 5.26 Å². The van der Waals surface area contributed by atoms with E-state index in [9.17, 15) is 0 Å². The van der Waals surface area contributed by atoms with Crippen LogP contribution in [0.2, 0.25) is 0 Å². The molecule has 1 heterocycles. The Bertz CT molecular complexity index is 338. The van der Waals surface area contributed by atoms with Gasteiger partial charge in [-0.25, -0.2) is 4.98 Å². The maximum absolute atomic E-state index is 9.09. The van der Waals surface area contributed by atoms with Gasteiger partial charge in [-0.1, -0.05) is 0 Å². The highest BCUT2D eigenvalue weighted by molar-refractivity contribution is 7.99. The normalized spacial score (nSPS) is 12.1. The molecule has 74 valence electrons. The molecule has 4 nitrogen and oxygen atoms in total. The summed E-state index contributed by atoms with van der Waals surface area (Å²) in [4.78, 5) is 4.68. The predicted octanol–water partition coefficient (Wildman–Crippen LogP) is 0.399. The Morgan fingerprint density at radius 1 is 1.64 bits per heavy atom. The summed E-state index contributed by atoms with van der Waals surface area (Å²) < 4.78 is 0. The molecule has 2 N–H and O–H groups in total. The highest BCUT2D eigenvalue weighted by Gasteiger charge is 2.03. The van der Waals surface area contributed by atoms with Crippen molar-refractivity contribution in [3.8, 4) is 6.07 Å². The van der Waals surface area contributed by atoms with Crippen LogP contribution in [0.5, 0.6) is 0 Å². The van der Waals surface area contributed by atoms with Crippen LogP contribution in [0, 0.1) is 11.3 Å². The summed E-state index contributed by atoms with van der Waals surface area (Å²) in [7, 11) is 0. The molecule has 1 aromatic rings. The van der Waals surface area contributed by atoms with E-state index in [1.54, 1.807) is 18.3 Å². The molecule has 0 radical (unpaired) electrons. The van der Waals surface area contributed by atoms with E-state index in [-0.39, 0.29) is 6.61 Å². The van der Waals surface area contributed by atoms with Gasteiger partial charge in [-0.3, -0.25) is 0 Å². The van der Waals surface area contributed by atoms with Crippen LogP contribution in [0.3, 0.4) is 0 Å². The first-order chi connectivity index (χ1) is 6.76. The number of aliphatic hydroxyl groups is 2. The lowest BCUT2D eigenvalue weighted by atomic mass is 10.4. The number of rotatable bonds is 4. The molecule has 1 aromatic heterocycles. The highest BCUT2D eigenvalue weighted by Crippen LogP contribution is 2.18. The lowest BCUT2D eigenvalue weighted by molar-refractivity contribution is 0.113. The van der Waals surface area contributed by atoms with Gasteiger partial charge >= 0.3 is 0 Å². The zero-order chi connectivity index (χ0) is 10.4. The van der Waals surface area contributed by atoms with E-state index in [0.29, 0.717) is 11.4 Å². The molecule has 5 heteroatoms. The smallest absolute Gasteiger partial charge is 0.141 e.